The topological polar surface area (TPSA) is 60.8 Å². The van der Waals surface area contributed by atoms with Crippen molar-refractivity contribution in [1.29, 1.82) is 0 Å². The van der Waals surface area contributed by atoms with E-state index in [2.05, 4.69) is 0 Å². The molecule has 0 bridgehead atoms. The maximum absolute atomic E-state index is 12.8. The van der Waals surface area contributed by atoms with E-state index in [0.29, 0.717) is 5.56 Å². The second-order valence-electron chi connectivity index (χ2n) is 6.56. The monoisotopic (exact) mass is 331 g/mol. The minimum absolute atomic E-state index is 0.0514. The van der Waals surface area contributed by atoms with Gasteiger partial charge in [0.25, 0.3) is 0 Å². The smallest absolute Gasteiger partial charge is 0.391 e. The zero-order valence-corrected chi connectivity index (χ0v) is 13.0. The van der Waals surface area contributed by atoms with E-state index in [0.717, 1.165) is 12.1 Å². The predicted molar refractivity (Wildman–Crippen MR) is 77.4 cm³/mol. The molecule has 0 spiro atoms. The molecule has 23 heavy (non-hydrogen) atoms. The van der Waals surface area contributed by atoms with Crippen molar-refractivity contribution in [3.63, 3.8) is 0 Å². The predicted octanol–water partition coefficient (Wildman–Crippen LogP) is 2.50. The molecule has 2 atom stereocenters. The van der Waals surface area contributed by atoms with E-state index in [4.69, 9.17) is 0 Å². The Morgan fingerprint density at radius 1 is 1.35 bits per heavy atom. The lowest BCUT2D eigenvalue weighted by Crippen LogP contribution is -2.36. The molecule has 4 nitrogen and oxygen atoms in total. The number of hydrogen-bond acceptors (Lipinski definition) is 3. The van der Waals surface area contributed by atoms with Gasteiger partial charge < -0.3 is 15.1 Å². The molecule has 128 valence electrons. The highest BCUT2D eigenvalue weighted by Crippen LogP contribution is 2.36. The van der Waals surface area contributed by atoms with Crippen LogP contribution >= 0.6 is 0 Å². The van der Waals surface area contributed by atoms with Crippen LogP contribution in [0.5, 0.6) is 0 Å². The van der Waals surface area contributed by atoms with Gasteiger partial charge in [-0.2, -0.15) is 13.2 Å². The Morgan fingerprint density at radius 3 is 2.57 bits per heavy atom. The second kappa shape index (κ2) is 6.13. The Balaban J connectivity index is 2.28. The van der Waals surface area contributed by atoms with E-state index in [1.165, 1.54) is 30.9 Å². The Labute approximate surface area is 132 Å². The van der Waals surface area contributed by atoms with Crippen molar-refractivity contribution in [2.45, 2.75) is 50.6 Å². The summed E-state index contributed by atoms with van der Waals surface area (Å²) in [6.45, 7) is 3.02. The Bertz CT molecular complexity index is 581. The van der Waals surface area contributed by atoms with Crippen LogP contribution in [0.25, 0.3) is 0 Å². The maximum atomic E-state index is 12.8. The van der Waals surface area contributed by atoms with Crippen LogP contribution in [-0.4, -0.2) is 39.3 Å². The highest BCUT2D eigenvalue weighted by molar-refractivity contribution is 5.78. The summed E-state index contributed by atoms with van der Waals surface area (Å²) in [5.41, 5.74) is -1.67. The molecule has 0 saturated carbocycles. The van der Waals surface area contributed by atoms with E-state index in [1.54, 1.807) is 0 Å². The van der Waals surface area contributed by atoms with Crippen molar-refractivity contribution in [2.75, 3.05) is 6.54 Å². The summed E-state index contributed by atoms with van der Waals surface area (Å²) in [5.74, 6) is -0.392. The number of carbonyl (C=O) groups is 1. The van der Waals surface area contributed by atoms with Crippen LogP contribution in [0.3, 0.4) is 0 Å². The fourth-order valence-corrected chi connectivity index (χ4v) is 2.80. The van der Waals surface area contributed by atoms with Gasteiger partial charge in [0.05, 0.1) is 29.7 Å². The minimum atomic E-state index is -4.46. The minimum Gasteiger partial charge on any atom is -0.391 e. The summed E-state index contributed by atoms with van der Waals surface area (Å²) in [6, 6.07) is 4.16. The number of hydrogen-bond donors (Lipinski definition) is 2. The molecule has 0 unspecified atom stereocenters. The van der Waals surface area contributed by atoms with Crippen LogP contribution in [0.2, 0.25) is 0 Å². The SMILES string of the molecule is CC(C)(O)CC(=O)N1C[C@@H](O)C[C@H]1c1cccc(C(F)(F)F)c1. The molecule has 0 aliphatic carbocycles. The number of nitrogens with zero attached hydrogens (tertiary/aromatic N) is 1. The third-order valence-electron chi connectivity index (χ3n) is 3.78. The number of amides is 1. The molecule has 7 heteroatoms. The zero-order valence-electron chi connectivity index (χ0n) is 13.0. The van der Waals surface area contributed by atoms with Gasteiger partial charge in [-0.05, 0) is 38.0 Å². The summed E-state index contributed by atoms with van der Waals surface area (Å²) in [6.07, 6.45) is -5.23. The molecule has 1 aliphatic rings. The fourth-order valence-electron chi connectivity index (χ4n) is 2.80. The highest BCUT2D eigenvalue weighted by Gasteiger charge is 2.38. The molecule has 0 radical (unpaired) electrons. The van der Waals surface area contributed by atoms with Gasteiger partial charge in [0.1, 0.15) is 0 Å². The first-order valence-corrected chi connectivity index (χ1v) is 7.34. The lowest BCUT2D eigenvalue weighted by molar-refractivity contribution is -0.137. The summed E-state index contributed by atoms with van der Waals surface area (Å²) >= 11 is 0. The van der Waals surface area contributed by atoms with Crippen molar-refractivity contribution in [1.82, 2.24) is 4.90 Å². The van der Waals surface area contributed by atoms with Crippen LogP contribution in [0, 0.1) is 0 Å². The molecule has 2 rings (SSSR count). The molecule has 1 fully saturated rings. The first-order valence-electron chi connectivity index (χ1n) is 7.34. The van der Waals surface area contributed by atoms with Gasteiger partial charge in [-0.1, -0.05) is 12.1 Å². The van der Waals surface area contributed by atoms with Crippen LogP contribution < -0.4 is 0 Å². The average Bonchev–Trinajstić information content (AvgIpc) is 2.78. The molecule has 1 aromatic carbocycles. The Morgan fingerprint density at radius 2 is 2.00 bits per heavy atom. The number of aliphatic hydroxyl groups is 2. The van der Waals surface area contributed by atoms with Gasteiger partial charge in [-0.15, -0.1) is 0 Å². The zero-order chi connectivity index (χ0) is 17.4. The van der Waals surface area contributed by atoms with E-state index in [1.807, 2.05) is 0 Å². The van der Waals surface area contributed by atoms with Crippen LogP contribution in [0.4, 0.5) is 13.2 Å². The third-order valence-corrected chi connectivity index (χ3v) is 3.78. The maximum Gasteiger partial charge on any atom is 0.416 e. The summed E-state index contributed by atoms with van der Waals surface area (Å²) < 4.78 is 38.5. The fraction of sp³-hybridized carbons (Fsp3) is 0.562. The van der Waals surface area contributed by atoms with Crippen molar-refractivity contribution < 1.29 is 28.2 Å². The lowest BCUT2D eigenvalue weighted by Gasteiger charge is -2.28. The lowest BCUT2D eigenvalue weighted by atomic mass is 9.99. The number of rotatable bonds is 3. The molecule has 1 aliphatic heterocycles. The normalized spacial score (nSPS) is 22.5. The molecular formula is C16H20F3NO3. The highest BCUT2D eigenvalue weighted by atomic mass is 19.4. The number of likely N-dealkylation sites (tertiary alicyclic amines) is 1. The molecule has 1 amide bonds. The molecule has 2 N–H and O–H groups in total. The second-order valence-corrected chi connectivity index (χ2v) is 6.56. The molecule has 0 aromatic heterocycles. The van der Waals surface area contributed by atoms with Gasteiger partial charge in [0.2, 0.25) is 5.91 Å². The summed E-state index contributed by atoms with van der Waals surface area (Å²) in [7, 11) is 0. The summed E-state index contributed by atoms with van der Waals surface area (Å²) in [4.78, 5) is 13.7. The number of carbonyl (C=O) groups excluding carboxylic acids is 1. The molecule has 1 saturated heterocycles. The van der Waals surface area contributed by atoms with E-state index >= 15 is 0 Å². The van der Waals surface area contributed by atoms with Crippen LogP contribution in [-0.2, 0) is 11.0 Å². The van der Waals surface area contributed by atoms with Crippen molar-refractivity contribution in [3.05, 3.63) is 35.4 Å². The quantitative estimate of drug-likeness (QED) is 0.895. The van der Waals surface area contributed by atoms with Crippen molar-refractivity contribution >= 4 is 5.91 Å². The average molecular weight is 331 g/mol. The van der Waals surface area contributed by atoms with Gasteiger partial charge in [0, 0.05) is 6.54 Å². The molecule has 1 aromatic rings. The van der Waals surface area contributed by atoms with Crippen molar-refractivity contribution in [3.8, 4) is 0 Å². The van der Waals surface area contributed by atoms with E-state index < -0.39 is 35.4 Å². The number of benzene rings is 1. The van der Waals surface area contributed by atoms with Gasteiger partial charge >= 0.3 is 6.18 Å². The number of β-amino-alcohol motifs (C(OH)–C–C–N with tert-alkyl or cyclic N) is 1. The number of halogens is 3. The van der Waals surface area contributed by atoms with Gasteiger partial charge in [-0.3, -0.25) is 4.79 Å². The van der Waals surface area contributed by atoms with Crippen molar-refractivity contribution in [2.24, 2.45) is 0 Å². The summed E-state index contributed by atoms with van der Waals surface area (Å²) in [5, 5.41) is 19.6. The van der Waals surface area contributed by atoms with Crippen LogP contribution in [0.1, 0.15) is 43.9 Å². The molecular weight excluding hydrogens is 311 g/mol. The largest absolute Gasteiger partial charge is 0.416 e. The van der Waals surface area contributed by atoms with Crippen LogP contribution in [0.15, 0.2) is 24.3 Å². The Hall–Kier alpha value is -1.60. The standard InChI is InChI=1S/C16H20F3NO3/c1-15(2,23)8-14(22)20-9-12(21)7-13(20)10-4-3-5-11(6-10)16(17,18)19/h3-6,12-13,21,23H,7-9H2,1-2H3/t12-,13-/m0/s1. The van der Waals surface area contributed by atoms with Gasteiger partial charge in [0.15, 0.2) is 0 Å². The Kier molecular flexibility index (Phi) is 4.73. The van der Waals surface area contributed by atoms with E-state index in [-0.39, 0.29) is 19.4 Å². The first kappa shape index (κ1) is 17.7. The number of aliphatic hydroxyl groups excluding tert-OH is 1. The number of alkyl halides is 3. The first-order chi connectivity index (χ1) is 10.5. The van der Waals surface area contributed by atoms with Gasteiger partial charge in [-0.25, -0.2) is 0 Å². The molecule has 1 heterocycles. The third kappa shape index (κ3) is 4.45. The van der Waals surface area contributed by atoms with E-state index in [9.17, 15) is 28.2 Å².